The SMILES string of the molecule is Nc1nc2ccccn2c1S(=O)(=O)Nc1ccc(Br)cn1. The Morgan fingerprint density at radius 2 is 2.05 bits per heavy atom. The van der Waals surface area contributed by atoms with E-state index in [1.165, 1.54) is 10.6 Å². The summed E-state index contributed by atoms with van der Waals surface area (Å²) in [5.41, 5.74) is 6.20. The second-order valence-corrected chi connectivity index (χ2v) is 6.71. The highest BCUT2D eigenvalue weighted by Crippen LogP contribution is 2.22. The minimum absolute atomic E-state index is 0.0641. The molecule has 0 unspecified atom stereocenters. The Morgan fingerprint density at radius 1 is 1.24 bits per heavy atom. The van der Waals surface area contributed by atoms with Crippen LogP contribution in [0, 0.1) is 0 Å². The number of anilines is 2. The van der Waals surface area contributed by atoms with Gasteiger partial charge in [0.15, 0.2) is 5.82 Å². The Morgan fingerprint density at radius 3 is 2.76 bits per heavy atom. The number of nitrogens with zero attached hydrogens (tertiary/aromatic N) is 3. The molecule has 0 saturated heterocycles. The van der Waals surface area contributed by atoms with E-state index in [4.69, 9.17) is 5.73 Å². The summed E-state index contributed by atoms with van der Waals surface area (Å²) in [6, 6.07) is 8.35. The van der Waals surface area contributed by atoms with Gasteiger partial charge in [-0.2, -0.15) is 8.42 Å². The third-order valence-electron chi connectivity index (χ3n) is 2.73. The number of hydrogen-bond acceptors (Lipinski definition) is 5. The summed E-state index contributed by atoms with van der Waals surface area (Å²) in [5, 5.41) is -0.109. The summed E-state index contributed by atoms with van der Waals surface area (Å²) in [6.45, 7) is 0. The van der Waals surface area contributed by atoms with Crippen LogP contribution in [0.25, 0.3) is 5.65 Å². The summed E-state index contributed by atoms with van der Waals surface area (Å²) in [5.74, 6) is 0.134. The molecular formula is C12H10BrN5O2S. The molecule has 21 heavy (non-hydrogen) atoms. The first kappa shape index (κ1) is 13.8. The van der Waals surface area contributed by atoms with E-state index in [1.54, 1.807) is 36.5 Å². The number of nitrogens with two attached hydrogens (primary N) is 1. The summed E-state index contributed by atoms with van der Waals surface area (Å²) in [6.07, 6.45) is 3.08. The van der Waals surface area contributed by atoms with Gasteiger partial charge < -0.3 is 5.73 Å². The molecule has 0 radical (unpaired) electrons. The second-order valence-electron chi connectivity index (χ2n) is 4.20. The van der Waals surface area contributed by atoms with Crippen LogP contribution in [0.15, 0.2) is 52.2 Å². The zero-order chi connectivity index (χ0) is 15.0. The highest BCUT2D eigenvalue weighted by atomic mass is 79.9. The van der Waals surface area contributed by atoms with Crippen molar-refractivity contribution in [2.45, 2.75) is 5.03 Å². The molecule has 108 valence electrons. The van der Waals surface area contributed by atoms with Crippen LogP contribution >= 0.6 is 15.9 Å². The number of halogens is 1. The standard InChI is InChI=1S/C12H10BrN5O2S/c13-8-4-5-9(15-7-8)17-21(19,20)12-11(14)16-10-3-1-2-6-18(10)12/h1-7H,14H2,(H,15,17). The van der Waals surface area contributed by atoms with Gasteiger partial charge in [0.1, 0.15) is 11.5 Å². The van der Waals surface area contributed by atoms with E-state index in [-0.39, 0.29) is 16.7 Å². The number of aromatic nitrogens is 3. The topological polar surface area (TPSA) is 102 Å². The van der Waals surface area contributed by atoms with E-state index in [9.17, 15) is 8.42 Å². The third kappa shape index (κ3) is 2.57. The van der Waals surface area contributed by atoms with Crippen molar-refractivity contribution in [2.24, 2.45) is 0 Å². The number of nitrogens with one attached hydrogen (secondary N) is 1. The first-order valence-corrected chi connectivity index (χ1v) is 8.12. The lowest BCUT2D eigenvalue weighted by atomic mass is 10.5. The van der Waals surface area contributed by atoms with E-state index in [2.05, 4.69) is 30.6 Å². The molecule has 0 aliphatic rings. The summed E-state index contributed by atoms with van der Waals surface area (Å²) in [4.78, 5) is 8.00. The molecular weight excluding hydrogens is 358 g/mol. The van der Waals surface area contributed by atoms with Crippen molar-refractivity contribution in [3.05, 3.63) is 47.2 Å². The van der Waals surface area contributed by atoms with Crippen molar-refractivity contribution in [3.63, 3.8) is 0 Å². The molecule has 9 heteroatoms. The quantitative estimate of drug-likeness (QED) is 0.735. The molecule has 0 aliphatic carbocycles. The van der Waals surface area contributed by atoms with Crippen LogP contribution in [0.1, 0.15) is 0 Å². The predicted molar refractivity (Wildman–Crippen MR) is 82.3 cm³/mol. The van der Waals surface area contributed by atoms with Crippen molar-refractivity contribution in [1.82, 2.24) is 14.4 Å². The first-order valence-electron chi connectivity index (χ1n) is 5.84. The Kier molecular flexibility index (Phi) is 3.30. The number of hydrogen-bond donors (Lipinski definition) is 2. The minimum Gasteiger partial charge on any atom is -0.381 e. The van der Waals surface area contributed by atoms with E-state index in [0.29, 0.717) is 5.65 Å². The maximum absolute atomic E-state index is 12.5. The summed E-state index contributed by atoms with van der Waals surface area (Å²) in [7, 11) is -3.89. The molecule has 3 aromatic rings. The molecule has 3 heterocycles. The maximum Gasteiger partial charge on any atom is 0.282 e. The third-order valence-corrected chi connectivity index (χ3v) is 4.59. The van der Waals surface area contributed by atoms with E-state index in [0.717, 1.165) is 4.47 Å². The largest absolute Gasteiger partial charge is 0.381 e. The number of pyridine rings is 2. The molecule has 0 fully saturated rings. The highest BCUT2D eigenvalue weighted by Gasteiger charge is 2.24. The molecule has 0 aromatic carbocycles. The van der Waals surface area contributed by atoms with Gasteiger partial charge >= 0.3 is 0 Å². The molecule has 7 nitrogen and oxygen atoms in total. The van der Waals surface area contributed by atoms with Crippen LogP contribution in [-0.2, 0) is 10.0 Å². The van der Waals surface area contributed by atoms with Gasteiger partial charge in [-0.15, -0.1) is 0 Å². The molecule has 3 rings (SSSR count). The lowest BCUT2D eigenvalue weighted by Crippen LogP contribution is -2.17. The van der Waals surface area contributed by atoms with E-state index in [1.807, 2.05) is 0 Å². The summed E-state index contributed by atoms with van der Waals surface area (Å²) < 4.78 is 29.5. The van der Waals surface area contributed by atoms with E-state index < -0.39 is 10.0 Å². The van der Waals surface area contributed by atoms with Crippen LogP contribution in [0.3, 0.4) is 0 Å². The fourth-order valence-corrected chi connectivity index (χ4v) is 3.34. The highest BCUT2D eigenvalue weighted by molar-refractivity contribution is 9.10. The van der Waals surface area contributed by atoms with Crippen molar-refractivity contribution in [2.75, 3.05) is 10.5 Å². The van der Waals surface area contributed by atoms with Gasteiger partial charge in [-0.05, 0) is 40.2 Å². The summed E-state index contributed by atoms with van der Waals surface area (Å²) >= 11 is 3.23. The van der Waals surface area contributed by atoms with Crippen LogP contribution in [0.4, 0.5) is 11.6 Å². The molecule has 0 bridgehead atoms. The molecule has 0 spiro atoms. The molecule has 3 N–H and O–H groups in total. The number of imidazole rings is 1. The predicted octanol–water partition coefficient (Wildman–Crippen LogP) is 1.87. The molecule has 0 amide bonds. The minimum atomic E-state index is -3.89. The van der Waals surface area contributed by atoms with Crippen LogP contribution in [0.5, 0.6) is 0 Å². The number of nitrogen functional groups attached to an aromatic ring is 1. The fourth-order valence-electron chi connectivity index (χ4n) is 1.88. The average molecular weight is 368 g/mol. The monoisotopic (exact) mass is 367 g/mol. The molecule has 0 saturated carbocycles. The van der Waals surface area contributed by atoms with Gasteiger partial charge in [0, 0.05) is 16.9 Å². The Balaban J connectivity index is 2.08. The molecule has 0 aliphatic heterocycles. The maximum atomic E-state index is 12.5. The Bertz CT molecular complexity index is 905. The van der Waals surface area contributed by atoms with Gasteiger partial charge in [-0.25, -0.2) is 9.97 Å². The number of fused-ring (bicyclic) bond motifs is 1. The van der Waals surface area contributed by atoms with Gasteiger partial charge in [0.25, 0.3) is 10.0 Å². The van der Waals surface area contributed by atoms with Crippen LogP contribution in [0.2, 0.25) is 0 Å². The lowest BCUT2D eigenvalue weighted by molar-refractivity contribution is 0.597. The Hall–Kier alpha value is -2.13. The molecule has 3 aromatic heterocycles. The van der Waals surface area contributed by atoms with Crippen LogP contribution in [-0.4, -0.2) is 22.8 Å². The first-order chi connectivity index (χ1) is 9.97. The van der Waals surface area contributed by atoms with Crippen molar-refractivity contribution < 1.29 is 8.42 Å². The zero-order valence-electron chi connectivity index (χ0n) is 10.6. The van der Waals surface area contributed by atoms with Crippen molar-refractivity contribution in [3.8, 4) is 0 Å². The van der Waals surface area contributed by atoms with Crippen molar-refractivity contribution >= 4 is 43.2 Å². The van der Waals surface area contributed by atoms with Gasteiger partial charge in [0.05, 0.1) is 0 Å². The number of sulfonamides is 1. The lowest BCUT2D eigenvalue weighted by Gasteiger charge is -2.07. The van der Waals surface area contributed by atoms with Gasteiger partial charge in [0.2, 0.25) is 5.03 Å². The Labute approximate surface area is 129 Å². The average Bonchev–Trinajstić information content (AvgIpc) is 2.77. The fraction of sp³-hybridized carbons (Fsp3) is 0. The second kappa shape index (κ2) is 5.01. The van der Waals surface area contributed by atoms with Crippen molar-refractivity contribution in [1.29, 1.82) is 0 Å². The smallest absolute Gasteiger partial charge is 0.282 e. The number of rotatable bonds is 3. The van der Waals surface area contributed by atoms with Crippen LogP contribution < -0.4 is 10.5 Å². The van der Waals surface area contributed by atoms with E-state index >= 15 is 0 Å². The normalized spacial score (nSPS) is 11.7. The van der Waals surface area contributed by atoms with Gasteiger partial charge in [-0.1, -0.05) is 6.07 Å². The van der Waals surface area contributed by atoms with Gasteiger partial charge in [-0.3, -0.25) is 9.12 Å². The zero-order valence-corrected chi connectivity index (χ0v) is 13.0. The molecule has 0 atom stereocenters.